The maximum Gasteiger partial charge on any atom is 0.232 e. The number of allylic oxidation sites excluding steroid dienone is 1. The molecule has 0 aromatic heterocycles. The van der Waals surface area contributed by atoms with Crippen LogP contribution < -0.4 is 0 Å². The number of aliphatic hydroxyl groups is 2. The molecule has 0 aromatic carbocycles. The third kappa shape index (κ3) is 0.974. The van der Waals surface area contributed by atoms with E-state index in [4.69, 9.17) is 14.9 Å². The largest absolute Gasteiger partial charge is 0.502 e. The van der Waals surface area contributed by atoms with E-state index >= 15 is 0 Å². The lowest BCUT2D eigenvalue weighted by Crippen LogP contribution is -2.32. The van der Waals surface area contributed by atoms with Crippen LogP contribution >= 0.6 is 0 Å². The molecule has 0 radical (unpaired) electrons. The molecule has 0 aromatic rings. The van der Waals surface area contributed by atoms with Crippen LogP contribution in [0.1, 0.15) is 6.92 Å². The van der Waals surface area contributed by atoms with E-state index < -0.39 is 17.6 Å². The summed E-state index contributed by atoms with van der Waals surface area (Å²) in [5.41, 5.74) is 0. The van der Waals surface area contributed by atoms with Crippen molar-refractivity contribution < 1.29 is 19.7 Å². The van der Waals surface area contributed by atoms with Crippen molar-refractivity contribution in [1.82, 2.24) is 0 Å². The Balaban J connectivity index is 2.88. The molecule has 4 nitrogen and oxygen atoms in total. The molecule has 0 amide bonds. The van der Waals surface area contributed by atoms with Gasteiger partial charge in [0.1, 0.15) is 12.4 Å². The number of hydrogen-bond donors (Lipinski definition) is 2. The van der Waals surface area contributed by atoms with E-state index in [1.54, 1.807) is 0 Å². The van der Waals surface area contributed by atoms with Crippen LogP contribution in [-0.4, -0.2) is 28.7 Å². The molecule has 0 aliphatic carbocycles. The number of aliphatic hydroxyl groups excluding tert-OH is 2. The van der Waals surface area contributed by atoms with E-state index in [0.717, 1.165) is 0 Å². The predicted octanol–water partition coefficient (Wildman–Crippen LogP) is -0.264. The normalized spacial score (nSPS) is 26.6. The molecule has 1 rings (SSSR count). The van der Waals surface area contributed by atoms with E-state index in [9.17, 15) is 4.79 Å². The third-order valence-electron chi connectivity index (χ3n) is 1.33. The highest BCUT2D eigenvalue weighted by Crippen LogP contribution is 2.12. The molecular weight excluding hydrogens is 136 g/mol. The Morgan fingerprint density at radius 1 is 1.70 bits per heavy atom. The maximum absolute atomic E-state index is 10.7. The number of Topliss-reactive ketones (excluding diaryl/α,β-unsaturated/α-hetero) is 1. The lowest BCUT2D eigenvalue weighted by atomic mass is 10.1. The van der Waals surface area contributed by atoms with Gasteiger partial charge in [0, 0.05) is 0 Å². The maximum atomic E-state index is 10.7. The minimum Gasteiger partial charge on any atom is -0.502 e. The summed E-state index contributed by atoms with van der Waals surface area (Å²) in [6.45, 7) is 1.41. The van der Waals surface area contributed by atoms with E-state index in [1.165, 1.54) is 6.92 Å². The number of rotatable bonds is 0. The van der Waals surface area contributed by atoms with Gasteiger partial charge in [-0.05, 0) is 6.92 Å². The molecule has 0 unspecified atom stereocenters. The third-order valence-corrected chi connectivity index (χ3v) is 1.33. The SMILES string of the molecule is CC1=C(O)C(=O)[C@@H](O)CO1. The number of hydrogen-bond acceptors (Lipinski definition) is 4. The summed E-state index contributed by atoms with van der Waals surface area (Å²) in [5, 5.41) is 17.7. The van der Waals surface area contributed by atoms with Crippen molar-refractivity contribution in [3.8, 4) is 0 Å². The zero-order valence-electron chi connectivity index (χ0n) is 5.50. The van der Waals surface area contributed by atoms with Crippen LogP contribution in [0.3, 0.4) is 0 Å². The van der Waals surface area contributed by atoms with E-state index in [2.05, 4.69) is 0 Å². The van der Waals surface area contributed by atoms with Crippen LogP contribution in [0.15, 0.2) is 11.5 Å². The summed E-state index contributed by atoms with van der Waals surface area (Å²) in [5.74, 6) is -0.960. The van der Waals surface area contributed by atoms with Gasteiger partial charge in [-0.1, -0.05) is 0 Å². The summed E-state index contributed by atoms with van der Waals surface area (Å²) in [7, 11) is 0. The van der Waals surface area contributed by atoms with Crippen molar-refractivity contribution in [2.75, 3.05) is 6.61 Å². The first-order valence-electron chi connectivity index (χ1n) is 2.88. The molecule has 0 fully saturated rings. The van der Waals surface area contributed by atoms with Crippen molar-refractivity contribution in [1.29, 1.82) is 0 Å². The van der Waals surface area contributed by atoms with Crippen molar-refractivity contribution in [3.05, 3.63) is 11.5 Å². The van der Waals surface area contributed by atoms with Gasteiger partial charge in [-0.25, -0.2) is 0 Å². The van der Waals surface area contributed by atoms with Crippen molar-refractivity contribution >= 4 is 5.78 Å². The second-order valence-corrected chi connectivity index (χ2v) is 2.10. The Hall–Kier alpha value is -1.03. The molecule has 10 heavy (non-hydrogen) atoms. The fourth-order valence-corrected chi connectivity index (χ4v) is 0.679. The number of carbonyl (C=O) groups is 1. The highest BCUT2D eigenvalue weighted by atomic mass is 16.5. The van der Waals surface area contributed by atoms with Gasteiger partial charge >= 0.3 is 0 Å². The van der Waals surface area contributed by atoms with Crippen LogP contribution in [0, 0.1) is 0 Å². The molecule has 0 bridgehead atoms. The summed E-state index contributed by atoms with van der Waals surface area (Å²) in [4.78, 5) is 10.7. The standard InChI is InChI=1S/C6H8O4/c1-3-5(8)6(9)4(7)2-10-3/h4,7-8H,2H2,1H3/t4-/m0/s1. The molecule has 1 atom stereocenters. The van der Waals surface area contributed by atoms with Crippen molar-refractivity contribution in [3.63, 3.8) is 0 Å². The quantitative estimate of drug-likeness (QED) is 0.491. The smallest absolute Gasteiger partial charge is 0.232 e. The van der Waals surface area contributed by atoms with Crippen molar-refractivity contribution in [2.45, 2.75) is 13.0 Å². The first kappa shape index (κ1) is 7.08. The Kier molecular flexibility index (Phi) is 1.63. The molecule has 0 saturated carbocycles. The predicted molar refractivity (Wildman–Crippen MR) is 32.3 cm³/mol. The molecule has 0 saturated heterocycles. The Labute approximate surface area is 57.7 Å². The highest BCUT2D eigenvalue weighted by molar-refractivity contribution is 5.97. The number of carbonyl (C=O) groups excluding carboxylic acids is 1. The topological polar surface area (TPSA) is 66.8 Å². The minimum absolute atomic E-state index is 0.0608. The fourth-order valence-electron chi connectivity index (χ4n) is 0.679. The lowest BCUT2D eigenvalue weighted by molar-refractivity contribution is -0.131. The van der Waals surface area contributed by atoms with Crippen LogP contribution in [0.4, 0.5) is 0 Å². The molecule has 2 N–H and O–H groups in total. The first-order valence-corrected chi connectivity index (χ1v) is 2.88. The van der Waals surface area contributed by atoms with Crippen LogP contribution in [0.25, 0.3) is 0 Å². The van der Waals surface area contributed by atoms with E-state index in [1.807, 2.05) is 0 Å². The summed E-state index contributed by atoms with van der Waals surface area (Å²) >= 11 is 0. The lowest BCUT2D eigenvalue weighted by Gasteiger charge is -2.17. The fraction of sp³-hybridized carbons (Fsp3) is 0.500. The van der Waals surface area contributed by atoms with Gasteiger partial charge in [0.05, 0.1) is 0 Å². The summed E-state index contributed by atoms with van der Waals surface area (Å²) < 4.78 is 4.73. The van der Waals surface area contributed by atoms with Crippen LogP contribution in [0.2, 0.25) is 0 Å². The van der Waals surface area contributed by atoms with Gasteiger partial charge in [-0.3, -0.25) is 4.79 Å². The van der Waals surface area contributed by atoms with Gasteiger partial charge in [0.25, 0.3) is 0 Å². The monoisotopic (exact) mass is 144 g/mol. The molecule has 0 spiro atoms. The summed E-state index contributed by atoms with van der Waals surface area (Å²) in [6.07, 6.45) is -1.20. The van der Waals surface area contributed by atoms with E-state index in [-0.39, 0.29) is 12.4 Å². The Morgan fingerprint density at radius 3 is 2.80 bits per heavy atom. The number of ether oxygens (including phenoxy) is 1. The van der Waals surface area contributed by atoms with Crippen molar-refractivity contribution in [2.24, 2.45) is 0 Å². The average Bonchev–Trinajstić information content (AvgIpc) is 1.93. The zero-order valence-corrected chi connectivity index (χ0v) is 5.50. The van der Waals surface area contributed by atoms with Gasteiger partial charge < -0.3 is 14.9 Å². The van der Waals surface area contributed by atoms with Crippen LogP contribution in [0.5, 0.6) is 0 Å². The Morgan fingerprint density at radius 2 is 2.30 bits per heavy atom. The molecule has 4 heteroatoms. The van der Waals surface area contributed by atoms with Gasteiger partial charge in [-0.2, -0.15) is 0 Å². The molecule has 56 valence electrons. The zero-order chi connectivity index (χ0) is 7.72. The second-order valence-electron chi connectivity index (χ2n) is 2.10. The van der Waals surface area contributed by atoms with Gasteiger partial charge in [0.2, 0.25) is 5.78 Å². The second kappa shape index (κ2) is 2.30. The van der Waals surface area contributed by atoms with E-state index in [0.29, 0.717) is 0 Å². The molecule has 1 aliphatic rings. The minimum atomic E-state index is -1.20. The van der Waals surface area contributed by atoms with Gasteiger partial charge in [-0.15, -0.1) is 0 Å². The average molecular weight is 144 g/mol. The Bertz CT molecular complexity index is 194. The number of ketones is 1. The van der Waals surface area contributed by atoms with Crippen LogP contribution in [-0.2, 0) is 9.53 Å². The first-order chi connectivity index (χ1) is 4.63. The molecule has 1 aliphatic heterocycles. The molecule has 1 heterocycles. The highest BCUT2D eigenvalue weighted by Gasteiger charge is 2.27. The summed E-state index contributed by atoms with van der Waals surface area (Å²) in [6, 6.07) is 0. The molecular formula is C6H8O4. The van der Waals surface area contributed by atoms with Gasteiger partial charge in [0.15, 0.2) is 11.9 Å².